The van der Waals surface area contributed by atoms with Gasteiger partial charge >= 0.3 is 0 Å². The fourth-order valence-corrected chi connectivity index (χ4v) is 5.19. The monoisotopic (exact) mass is 496 g/mol. The first-order chi connectivity index (χ1) is 16.5. The highest BCUT2D eigenvalue weighted by atomic mass is 32.2. The highest BCUT2D eigenvalue weighted by molar-refractivity contribution is 7.90. The van der Waals surface area contributed by atoms with Crippen molar-refractivity contribution in [2.45, 2.75) is 37.6 Å². The van der Waals surface area contributed by atoms with E-state index in [-0.39, 0.29) is 21.8 Å². The van der Waals surface area contributed by atoms with E-state index in [1.807, 2.05) is 0 Å². The zero-order valence-corrected chi connectivity index (χ0v) is 20.8. The third-order valence-electron chi connectivity index (χ3n) is 6.62. The number of aromatic nitrogens is 3. The van der Waals surface area contributed by atoms with Crippen LogP contribution in [0.25, 0.3) is 11.3 Å². The summed E-state index contributed by atoms with van der Waals surface area (Å²) in [5.74, 6) is 0.179. The van der Waals surface area contributed by atoms with Gasteiger partial charge in [0.1, 0.15) is 16.5 Å². The summed E-state index contributed by atoms with van der Waals surface area (Å²) in [6.45, 7) is 6.99. The van der Waals surface area contributed by atoms with Gasteiger partial charge in [0.15, 0.2) is 0 Å². The van der Waals surface area contributed by atoms with Gasteiger partial charge in [0.2, 0.25) is 5.88 Å². The highest BCUT2D eigenvalue weighted by Gasteiger charge is 2.41. The Morgan fingerprint density at radius 1 is 1.20 bits per heavy atom. The van der Waals surface area contributed by atoms with Crippen LogP contribution in [0.4, 0.5) is 11.6 Å². The molecule has 3 aromatic rings. The van der Waals surface area contributed by atoms with E-state index in [0.717, 1.165) is 12.0 Å². The third-order valence-corrected chi connectivity index (χ3v) is 8.00. The number of carbonyl (C=O) groups is 1. The van der Waals surface area contributed by atoms with Gasteiger partial charge in [0.25, 0.3) is 15.9 Å². The SMILES string of the molecule is COc1cc(-c2ccc(C(=O)NS(=O)(=O)c3cccnc3N)c(N3CCC(C)C3(C)C)n2)ccn1. The average molecular weight is 497 g/mol. The number of nitrogens with one attached hydrogen (secondary N) is 1. The van der Waals surface area contributed by atoms with Gasteiger partial charge in [0.05, 0.1) is 18.4 Å². The van der Waals surface area contributed by atoms with E-state index in [9.17, 15) is 13.2 Å². The number of nitrogen functional groups attached to an aromatic ring is 1. The quantitative estimate of drug-likeness (QED) is 0.527. The summed E-state index contributed by atoms with van der Waals surface area (Å²) in [6, 6.07) is 9.53. The van der Waals surface area contributed by atoms with Gasteiger partial charge in [-0.15, -0.1) is 0 Å². The minimum absolute atomic E-state index is 0.142. The molecule has 1 unspecified atom stereocenters. The van der Waals surface area contributed by atoms with E-state index < -0.39 is 15.9 Å². The second kappa shape index (κ2) is 9.14. The zero-order chi connectivity index (χ0) is 25.4. The number of pyridine rings is 3. The first-order valence-corrected chi connectivity index (χ1v) is 12.6. The molecule has 0 saturated carbocycles. The molecule has 1 amide bonds. The summed E-state index contributed by atoms with van der Waals surface area (Å²) in [7, 11) is -2.72. The Kier molecular flexibility index (Phi) is 6.37. The largest absolute Gasteiger partial charge is 0.481 e. The molecule has 0 bridgehead atoms. The van der Waals surface area contributed by atoms with Crippen LogP contribution in [0.3, 0.4) is 0 Å². The molecule has 3 N–H and O–H groups in total. The molecule has 0 radical (unpaired) electrons. The highest BCUT2D eigenvalue weighted by Crippen LogP contribution is 2.39. The van der Waals surface area contributed by atoms with Crippen molar-refractivity contribution in [3.8, 4) is 17.1 Å². The van der Waals surface area contributed by atoms with Crippen LogP contribution in [0.1, 0.15) is 37.6 Å². The number of ether oxygens (including phenoxy) is 1. The van der Waals surface area contributed by atoms with Crippen molar-refractivity contribution in [2.75, 3.05) is 24.3 Å². The van der Waals surface area contributed by atoms with E-state index in [0.29, 0.717) is 29.9 Å². The number of amides is 1. The van der Waals surface area contributed by atoms with E-state index in [2.05, 4.69) is 40.4 Å². The second-order valence-electron chi connectivity index (χ2n) is 8.97. The summed E-state index contributed by atoms with van der Waals surface area (Å²) in [6.07, 6.45) is 3.90. The van der Waals surface area contributed by atoms with Crippen molar-refractivity contribution >= 4 is 27.6 Å². The van der Waals surface area contributed by atoms with Crippen LogP contribution in [0.15, 0.2) is 53.7 Å². The van der Waals surface area contributed by atoms with E-state index in [1.54, 1.807) is 30.5 Å². The fraction of sp³-hybridized carbons (Fsp3) is 0.333. The Balaban J connectivity index is 1.79. The Labute approximate surface area is 204 Å². The summed E-state index contributed by atoms with van der Waals surface area (Å²) in [5.41, 5.74) is 6.93. The number of nitrogens with two attached hydrogens (primary N) is 1. The van der Waals surface area contributed by atoms with Gasteiger partial charge in [-0.2, -0.15) is 0 Å². The molecule has 1 atom stereocenters. The van der Waals surface area contributed by atoms with Gasteiger partial charge in [0, 0.05) is 36.1 Å². The van der Waals surface area contributed by atoms with E-state index in [4.69, 9.17) is 15.5 Å². The lowest BCUT2D eigenvalue weighted by Crippen LogP contribution is -2.43. The number of methoxy groups -OCH3 is 1. The molecule has 10 nitrogen and oxygen atoms in total. The molecule has 1 aliphatic heterocycles. The summed E-state index contributed by atoms with van der Waals surface area (Å²) >= 11 is 0. The smallest absolute Gasteiger partial charge is 0.268 e. The molecular formula is C24H28N6O4S. The lowest BCUT2D eigenvalue weighted by molar-refractivity contribution is 0.0981. The minimum Gasteiger partial charge on any atom is -0.481 e. The van der Waals surface area contributed by atoms with Crippen molar-refractivity contribution in [3.05, 3.63) is 54.4 Å². The average Bonchev–Trinajstić information content (AvgIpc) is 3.10. The molecule has 184 valence electrons. The lowest BCUT2D eigenvalue weighted by atomic mass is 9.90. The van der Waals surface area contributed by atoms with Gasteiger partial charge in [-0.25, -0.2) is 28.1 Å². The molecule has 0 aromatic carbocycles. The molecule has 35 heavy (non-hydrogen) atoms. The molecule has 1 fully saturated rings. The van der Waals surface area contributed by atoms with Gasteiger partial charge < -0.3 is 15.4 Å². The topological polar surface area (TPSA) is 140 Å². The number of anilines is 2. The van der Waals surface area contributed by atoms with Crippen LogP contribution in [0, 0.1) is 5.92 Å². The van der Waals surface area contributed by atoms with Crippen LogP contribution in [0.5, 0.6) is 5.88 Å². The second-order valence-corrected chi connectivity index (χ2v) is 10.6. The summed E-state index contributed by atoms with van der Waals surface area (Å²) in [4.78, 5) is 27.9. The first-order valence-electron chi connectivity index (χ1n) is 11.1. The van der Waals surface area contributed by atoms with Crippen LogP contribution in [-0.4, -0.2) is 48.5 Å². The van der Waals surface area contributed by atoms with E-state index >= 15 is 0 Å². The van der Waals surface area contributed by atoms with Gasteiger partial charge in [-0.3, -0.25) is 4.79 Å². The molecule has 1 saturated heterocycles. The lowest BCUT2D eigenvalue weighted by Gasteiger charge is -2.36. The maximum atomic E-state index is 13.3. The van der Waals surface area contributed by atoms with Crippen LogP contribution in [-0.2, 0) is 10.0 Å². The predicted molar refractivity (Wildman–Crippen MR) is 133 cm³/mol. The Morgan fingerprint density at radius 3 is 2.63 bits per heavy atom. The molecule has 3 aromatic heterocycles. The molecule has 0 spiro atoms. The minimum atomic E-state index is -4.25. The number of nitrogens with zero attached hydrogens (tertiary/aromatic N) is 4. The maximum Gasteiger partial charge on any atom is 0.268 e. The fourth-order valence-electron chi connectivity index (χ4n) is 4.14. The number of hydrogen-bond donors (Lipinski definition) is 2. The van der Waals surface area contributed by atoms with Crippen molar-refractivity contribution in [3.63, 3.8) is 0 Å². The van der Waals surface area contributed by atoms with E-state index in [1.165, 1.54) is 25.4 Å². The Bertz CT molecular complexity index is 1380. The van der Waals surface area contributed by atoms with Crippen LogP contribution in [0.2, 0.25) is 0 Å². The Hall–Kier alpha value is -3.73. The van der Waals surface area contributed by atoms with Crippen molar-refractivity contribution in [1.29, 1.82) is 0 Å². The zero-order valence-electron chi connectivity index (χ0n) is 20.0. The molecule has 11 heteroatoms. The molecule has 1 aliphatic rings. The number of hydrogen-bond acceptors (Lipinski definition) is 9. The molecular weight excluding hydrogens is 468 g/mol. The first kappa shape index (κ1) is 24.4. The third kappa shape index (κ3) is 4.63. The number of rotatable bonds is 6. The molecule has 4 heterocycles. The number of carbonyl (C=O) groups excluding carboxylic acids is 1. The predicted octanol–water partition coefficient (Wildman–Crippen LogP) is 2.87. The van der Waals surface area contributed by atoms with Crippen LogP contribution < -0.4 is 20.1 Å². The maximum absolute atomic E-state index is 13.3. The summed E-state index contributed by atoms with van der Waals surface area (Å²) < 4.78 is 33.2. The van der Waals surface area contributed by atoms with Crippen LogP contribution >= 0.6 is 0 Å². The normalized spacial score (nSPS) is 17.3. The molecule has 0 aliphatic carbocycles. The van der Waals surface area contributed by atoms with Gasteiger partial charge in [-0.1, -0.05) is 6.92 Å². The van der Waals surface area contributed by atoms with Crippen molar-refractivity contribution in [1.82, 2.24) is 19.7 Å². The summed E-state index contributed by atoms with van der Waals surface area (Å²) in [5, 5.41) is 0. The van der Waals surface area contributed by atoms with Crippen molar-refractivity contribution in [2.24, 2.45) is 5.92 Å². The van der Waals surface area contributed by atoms with Gasteiger partial charge in [-0.05, 0) is 56.5 Å². The van der Waals surface area contributed by atoms with Crippen molar-refractivity contribution < 1.29 is 17.9 Å². The molecule has 4 rings (SSSR count). The number of sulfonamides is 1. The standard InChI is InChI=1S/C24H28N6O4S/c1-15-10-13-30(24(15,2)3)22-17(7-8-18(28-22)16-9-12-26-20(14-16)34-4)23(31)29-35(32,33)19-6-5-11-27-21(19)25/h5-9,11-12,14-15H,10,13H2,1-4H3,(H2,25,27)(H,29,31). The Morgan fingerprint density at radius 2 is 1.97 bits per heavy atom.